The van der Waals surface area contributed by atoms with E-state index in [-0.39, 0.29) is 11.8 Å². The van der Waals surface area contributed by atoms with Gasteiger partial charge >= 0.3 is 0 Å². The van der Waals surface area contributed by atoms with E-state index in [4.69, 9.17) is 0 Å². The highest BCUT2D eigenvalue weighted by Crippen LogP contribution is 2.11. The summed E-state index contributed by atoms with van der Waals surface area (Å²) in [6.07, 6.45) is 3.60. The van der Waals surface area contributed by atoms with Gasteiger partial charge in [-0.25, -0.2) is 0 Å². The number of piperazine rings is 1. The number of hydrogen-bond acceptors (Lipinski definition) is 3. The molecular weight excluding hydrogens is 314 g/mol. The van der Waals surface area contributed by atoms with Gasteiger partial charge in [0.25, 0.3) is 0 Å². The van der Waals surface area contributed by atoms with Crippen molar-refractivity contribution in [2.75, 3.05) is 46.8 Å². The van der Waals surface area contributed by atoms with Gasteiger partial charge < -0.3 is 14.7 Å². The van der Waals surface area contributed by atoms with Gasteiger partial charge in [-0.1, -0.05) is 29.8 Å². The van der Waals surface area contributed by atoms with E-state index >= 15 is 0 Å². The molecule has 1 saturated heterocycles. The van der Waals surface area contributed by atoms with Gasteiger partial charge in [-0.3, -0.25) is 9.59 Å². The molecule has 5 nitrogen and oxygen atoms in total. The van der Waals surface area contributed by atoms with Gasteiger partial charge in [0.1, 0.15) is 0 Å². The van der Waals surface area contributed by atoms with E-state index in [1.54, 1.807) is 0 Å². The molecule has 0 saturated carbocycles. The van der Waals surface area contributed by atoms with Crippen LogP contribution in [-0.2, 0) is 16.0 Å². The van der Waals surface area contributed by atoms with Crippen molar-refractivity contribution in [2.24, 2.45) is 0 Å². The van der Waals surface area contributed by atoms with Crippen LogP contribution in [0.5, 0.6) is 0 Å². The number of hydrogen-bond donors (Lipinski definition) is 0. The van der Waals surface area contributed by atoms with Crippen LogP contribution in [0.2, 0.25) is 0 Å². The minimum Gasteiger partial charge on any atom is -0.339 e. The first-order valence-electron chi connectivity index (χ1n) is 9.21. The second kappa shape index (κ2) is 9.56. The molecule has 0 radical (unpaired) electrons. The number of rotatable bonds is 7. The third kappa shape index (κ3) is 6.50. The van der Waals surface area contributed by atoms with E-state index < -0.39 is 0 Å². The molecule has 0 aromatic heterocycles. The van der Waals surface area contributed by atoms with Gasteiger partial charge in [0.2, 0.25) is 11.8 Å². The summed E-state index contributed by atoms with van der Waals surface area (Å²) in [5.74, 6) is 0.374. The smallest absolute Gasteiger partial charge is 0.236 e. The maximum absolute atomic E-state index is 12.3. The second-order valence-electron chi connectivity index (χ2n) is 7.19. The van der Waals surface area contributed by atoms with E-state index in [9.17, 15) is 9.59 Å². The van der Waals surface area contributed by atoms with Crippen molar-refractivity contribution >= 4 is 11.8 Å². The normalized spacial score (nSPS) is 14.9. The highest BCUT2D eigenvalue weighted by Gasteiger charge is 2.23. The fourth-order valence-corrected chi connectivity index (χ4v) is 3.09. The molecule has 0 bridgehead atoms. The van der Waals surface area contributed by atoms with E-state index in [1.165, 1.54) is 11.1 Å². The maximum atomic E-state index is 12.3. The summed E-state index contributed by atoms with van der Waals surface area (Å²) in [7, 11) is 3.79. The van der Waals surface area contributed by atoms with Crippen LogP contribution in [0.1, 0.15) is 30.4 Å². The van der Waals surface area contributed by atoms with Crippen molar-refractivity contribution < 1.29 is 9.59 Å². The Morgan fingerprint density at radius 3 is 2.04 bits per heavy atom. The van der Waals surface area contributed by atoms with Crippen LogP contribution >= 0.6 is 0 Å². The van der Waals surface area contributed by atoms with Crippen molar-refractivity contribution in [3.63, 3.8) is 0 Å². The average molecular weight is 345 g/mol. The zero-order valence-corrected chi connectivity index (χ0v) is 15.8. The summed E-state index contributed by atoms with van der Waals surface area (Å²) < 4.78 is 0. The van der Waals surface area contributed by atoms with E-state index in [0.29, 0.717) is 39.1 Å². The predicted molar refractivity (Wildman–Crippen MR) is 100 cm³/mol. The molecule has 0 spiro atoms. The predicted octanol–water partition coefficient (Wildman–Crippen LogP) is 1.94. The van der Waals surface area contributed by atoms with Crippen LogP contribution in [0.25, 0.3) is 0 Å². The quantitative estimate of drug-likeness (QED) is 0.710. The molecule has 1 aromatic carbocycles. The van der Waals surface area contributed by atoms with Crippen molar-refractivity contribution in [1.29, 1.82) is 0 Å². The highest BCUT2D eigenvalue weighted by molar-refractivity contribution is 5.79. The summed E-state index contributed by atoms with van der Waals surface area (Å²) in [5.41, 5.74) is 2.62. The van der Waals surface area contributed by atoms with E-state index in [1.807, 2.05) is 28.8 Å². The third-order valence-electron chi connectivity index (χ3n) is 4.66. The molecule has 25 heavy (non-hydrogen) atoms. The number of carbonyl (C=O) groups excluding carboxylic acids is 2. The first-order chi connectivity index (χ1) is 12.0. The number of carbonyl (C=O) groups is 2. The summed E-state index contributed by atoms with van der Waals surface area (Å²) in [6, 6.07) is 8.61. The molecule has 0 N–H and O–H groups in total. The van der Waals surface area contributed by atoms with E-state index in [2.05, 4.69) is 31.2 Å². The third-order valence-corrected chi connectivity index (χ3v) is 4.66. The summed E-state index contributed by atoms with van der Waals surface area (Å²) in [5, 5.41) is 0. The molecule has 138 valence electrons. The molecule has 1 aromatic rings. The Balaban J connectivity index is 1.63. The number of aryl methyl sites for hydroxylation is 2. The van der Waals surface area contributed by atoms with Crippen molar-refractivity contribution in [2.45, 2.75) is 32.6 Å². The SMILES string of the molecule is Cc1ccc(CCCCC(=O)N2CCN(C(=O)CN(C)C)CC2)cc1. The summed E-state index contributed by atoms with van der Waals surface area (Å²) in [6.45, 7) is 5.17. The molecule has 0 aliphatic carbocycles. The van der Waals surface area contributed by atoms with Gasteiger partial charge in [-0.15, -0.1) is 0 Å². The van der Waals surface area contributed by atoms with E-state index in [0.717, 1.165) is 19.3 Å². The topological polar surface area (TPSA) is 43.9 Å². The Morgan fingerprint density at radius 2 is 1.48 bits per heavy atom. The van der Waals surface area contributed by atoms with Gasteiger partial charge in [0.15, 0.2) is 0 Å². The molecule has 1 heterocycles. The Bertz CT molecular complexity index is 561. The van der Waals surface area contributed by atoms with Crippen LogP contribution in [0.4, 0.5) is 0 Å². The van der Waals surface area contributed by atoms with Crippen LogP contribution < -0.4 is 0 Å². The lowest BCUT2D eigenvalue weighted by atomic mass is 10.1. The highest BCUT2D eigenvalue weighted by atomic mass is 16.2. The van der Waals surface area contributed by atoms with Crippen molar-refractivity contribution in [3.05, 3.63) is 35.4 Å². The second-order valence-corrected chi connectivity index (χ2v) is 7.19. The van der Waals surface area contributed by atoms with Crippen molar-refractivity contribution in [3.8, 4) is 0 Å². The van der Waals surface area contributed by atoms with Gasteiger partial charge in [-0.2, -0.15) is 0 Å². The first-order valence-corrected chi connectivity index (χ1v) is 9.21. The van der Waals surface area contributed by atoms with Crippen LogP contribution in [0.15, 0.2) is 24.3 Å². The number of unbranched alkanes of at least 4 members (excludes halogenated alkanes) is 1. The maximum Gasteiger partial charge on any atom is 0.236 e. The molecule has 1 fully saturated rings. The van der Waals surface area contributed by atoms with Gasteiger partial charge in [0, 0.05) is 32.6 Å². The van der Waals surface area contributed by atoms with Gasteiger partial charge in [-0.05, 0) is 45.8 Å². The molecule has 5 heteroatoms. The Kier molecular flexibility index (Phi) is 7.44. The zero-order valence-electron chi connectivity index (χ0n) is 15.8. The number of likely N-dealkylation sites (N-methyl/N-ethyl adjacent to an activating group) is 1. The molecule has 0 unspecified atom stereocenters. The lowest BCUT2D eigenvalue weighted by Gasteiger charge is -2.35. The number of amides is 2. The largest absolute Gasteiger partial charge is 0.339 e. The minimum absolute atomic E-state index is 0.148. The fourth-order valence-electron chi connectivity index (χ4n) is 3.09. The van der Waals surface area contributed by atoms with Gasteiger partial charge in [0.05, 0.1) is 6.54 Å². The standard InChI is InChI=1S/C20H31N3O2/c1-17-8-10-18(11-9-17)6-4-5-7-19(24)22-12-14-23(15-13-22)20(25)16-21(2)3/h8-11H,4-7,12-16H2,1-3H3. The number of benzene rings is 1. The van der Waals surface area contributed by atoms with Crippen LogP contribution in [-0.4, -0.2) is 73.3 Å². The average Bonchev–Trinajstić information content (AvgIpc) is 2.59. The summed E-state index contributed by atoms with van der Waals surface area (Å²) in [4.78, 5) is 30.0. The monoisotopic (exact) mass is 345 g/mol. The van der Waals surface area contributed by atoms with Crippen LogP contribution in [0.3, 0.4) is 0 Å². The Hall–Kier alpha value is -1.88. The molecule has 2 rings (SSSR count). The fraction of sp³-hybridized carbons (Fsp3) is 0.600. The van der Waals surface area contributed by atoms with Crippen molar-refractivity contribution in [1.82, 2.24) is 14.7 Å². The van der Waals surface area contributed by atoms with Crippen LogP contribution in [0, 0.1) is 6.92 Å². The molecule has 1 aliphatic heterocycles. The summed E-state index contributed by atoms with van der Waals surface area (Å²) >= 11 is 0. The zero-order chi connectivity index (χ0) is 18.2. The molecule has 1 aliphatic rings. The minimum atomic E-state index is 0.148. The molecular formula is C20H31N3O2. The Labute approximate surface area is 151 Å². The lowest BCUT2D eigenvalue weighted by molar-refractivity contribution is -0.140. The Morgan fingerprint density at radius 1 is 0.920 bits per heavy atom. The first kappa shape index (κ1) is 19.4. The number of nitrogens with zero attached hydrogens (tertiary/aromatic N) is 3. The molecule has 2 amide bonds. The molecule has 0 atom stereocenters. The lowest BCUT2D eigenvalue weighted by Crippen LogP contribution is -2.52.